The van der Waals surface area contributed by atoms with Gasteiger partial charge in [0, 0.05) is 18.7 Å². The largest absolute Gasteiger partial charge is 0.384 e. The summed E-state index contributed by atoms with van der Waals surface area (Å²) in [4.78, 5) is 0. The van der Waals surface area contributed by atoms with Crippen LogP contribution in [0.15, 0.2) is 30.5 Å². The van der Waals surface area contributed by atoms with Crippen molar-refractivity contribution in [2.75, 3.05) is 0 Å². The number of nitrogens with one attached hydrogen (secondary N) is 1. The van der Waals surface area contributed by atoms with Gasteiger partial charge < -0.3 is 5.32 Å². The topological polar surface area (TPSA) is 12.0 Å². The molecule has 0 unspecified atom stereocenters. The summed E-state index contributed by atoms with van der Waals surface area (Å²) in [6.45, 7) is 7.05. The fourth-order valence-electron chi connectivity index (χ4n) is 1.68. The zero-order chi connectivity index (χ0) is 8.55. The van der Waals surface area contributed by atoms with E-state index in [9.17, 15) is 0 Å². The van der Waals surface area contributed by atoms with Gasteiger partial charge in [-0.3, -0.25) is 0 Å². The van der Waals surface area contributed by atoms with Crippen molar-refractivity contribution in [3.63, 3.8) is 0 Å². The average Bonchev–Trinajstić information content (AvgIpc) is 2.07. The third kappa shape index (κ3) is 1.11. The third-order valence-electron chi connectivity index (χ3n) is 2.43. The minimum absolute atomic E-state index is 0.940. The summed E-state index contributed by atoms with van der Waals surface area (Å²) < 4.78 is 0. The monoisotopic (exact) mass is 159 g/mol. The maximum absolute atomic E-state index is 3.94. The fraction of sp³-hybridized carbons (Fsp3) is 0.273. The van der Waals surface area contributed by atoms with Crippen molar-refractivity contribution in [1.82, 2.24) is 5.32 Å². The summed E-state index contributed by atoms with van der Waals surface area (Å²) in [6, 6.07) is 6.46. The van der Waals surface area contributed by atoms with Crippen LogP contribution in [0.25, 0.3) is 0 Å². The Balaban J connectivity index is 2.50. The van der Waals surface area contributed by atoms with Gasteiger partial charge in [-0.2, -0.15) is 0 Å². The first-order chi connectivity index (χ1) is 5.77. The summed E-state index contributed by atoms with van der Waals surface area (Å²) >= 11 is 0. The Hall–Kier alpha value is -1.24. The molecule has 2 rings (SSSR count). The number of hydrogen-bond acceptors (Lipinski definition) is 1. The van der Waals surface area contributed by atoms with Gasteiger partial charge >= 0.3 is 0 Å². The van der Waals surface area contributed by atoms with Crippen LogP contribution in [0.2, 0.25) is 0 Å². The standard InChI is InChI=1S/C11H13N/c1-8-4-3-5-10-7-12-9(2)6-11(8)10/h3-5,12H,2,6-7H2,1H3. The van der Waals surface area contributed by atoms with Gasteiger partial charge in [0.15, 0.2) is 0 Å². The smallest absolute Gasteiger partial charge is 0.0400 e. The molecule has 12 heavy (non-hydrogen) atoms. The van der Waals surface area contributed by atoms with Gasteiger partial charge in [-0.15, -0.1) is 0 Å². The van der Waals surface area contributed by atoms with Crippen molar-refractivity contribution in [3.8, 4) is 0 Å². The summed E-state index contributed by atoms with van der Waals surface area (Å²) in [5.74, 6) is 0. The number of benzene rings is 1. The molecule has 0 bridgehead atoms. The van der Waals surface area contributed by atoms with Crippen molar-refractivity contribution < 1.29 is 0 Å². The fourth-order valence-corrected chi connectivity index (χ4v) is 1.68. The van der Waals surface area contributed by atoms with Crippen LogP contribution >= 0.6 is 0 Å². The van der Waals surface area contributed by atoms with E-state index in [2.05, 4.69) is 37.0 Å². The lowest BCUT2D eigenvalue weighted by Gasteiger charge is -2.21. The Bertz CT molecular complexity index is 326. The van der Waals surface area contributed by atoms with E-state index in [1.165, 1.54) is 16.7 Å². The second kappa shape index (κ2) is 2.67. The number of hydrogen-bond donors (Lipinski definition) is 1. The van der Waals surface area contributed by atoms with Crippen molar-refractivity contribution in [3.05, 3.63) is 47.2 Å². The van der Waals surface area contributed by atoms with Crippen LogP contribution in [0, 0.1) is 6.92 Å². The van der Waals surface area contributed by atoms with E-state index in [-0.39, 0.29) is 0 Å². The van der Waals surface area contributed by atoms with E-state index in [0.29, 0.717) is 0 Å². The molecule has 0 radical (unpaired) electrons. The lowest BCUT2D eigenvalue weighted by atomic mass is 9.95. The molecular weight excluding hydrogens is 146 g/mol. The maximum atomic E-state index is 3.94. The molecule has 0 atom stereocenters. The maximum Gasteiger partial charge on any atom is 0.0400 e. The molecule has 0 saturated heterocycles. The van der Waals surface area contributed by atoms with Gasteiger partial charge in [-0.25, -0.2) is 0 Å². The Kier molecular flexibility index (Phi) is 1.65. The minimum Gasteiger partial charge on any atom is -0.384 e. The predicted octanol–water partition coefficient (Wildman–Crippen LogP) is 2.15. The van der Waals surface area contributed by atoms with Crippen LogP contribution in [0.3, 0.4) is 0 Å². The van der Waals surface area contributed by atoms with Gasteiger partial charge in [0.05, 0.1) is 0 Å². The van der Waals surface area contributed by atoms with Crippen LogP contribution in [0.4, 0.5) is 0 Å². The molecule has 1 aliphatic rings. The third-order valence-corrected chi connectivity index (χ3v) is 2.43. The quantitative estimate of drug-likeness (QED) is 0.611. The normalized spacial score (nSPS) is 15.2. The van der Waals surface area contributed by atoms with E-state index in [0.717, 1.165) is 18.7 Å². The van der Waals surface area contributed by atoms with E-state index < -0.39 is 0 Å². The molecule has 1 N–H and O–H groups in total. The second-order valence-corrected chi connectivity index (χ2v) is 3.35. The predicted molar refractivity (Wildman–Crippen MR) is 50.9 cm³/mol. The zero-order valence-electron chi connectivity index (χ0n) is 7.35. The molecule has 0 amide bonds. The highest BCUT2D eigenvalue weighted by Crippen LogP contribution is 2.20. The van der Waals surface area contributed by atoms with Gasteiger partial charge in [0.1, 0.15) is 0 Å². The number of fused-ring (bicyclic) bond motifs is 1. The molecule has 1 aromatic carbocycles. The molecule has 1 aliphatic heterocycles. The molecule has 62 valence electrons. The van der Waals surface area contributed by atoms with E-state index in [1.807, 2.05) is 0 Å². The van der Waals surface area contributed by atoms with Crippen LogP contribution in [0.1, 0.15) is 16.7 Å². The Morgan fingerprint density at radius 3 is 3.08 bits per heavy atom. The van der Waals surface area contributed by atoms with Gasteiger partial charge in [-0.05, 0) is 23.6 Å². The molecule has 0 aliphatic carbocycles. The van der Waals surface area contributed by atoms with E-state index in [4.69, 9.17) is 0 Å². The Labute approximate surface area is 73.1 Å². The highest BCUT2D eigenvalue weighted by molar-refractivity contribution is 5.39. The van der Waals surface area contributed by atoms with Crippen molar-refractivity contribution in [2.24, 2.45) is 0 Å². The molecule has 0 spiro atoms. The summed E-state index contributed by atoms with van der Waals surface area (Å²) in [7, 11) is 0. The van der Waals surface area contributed by atoms with Crippen LogP contribution in [0.5, 0.6) is 0 Å². The van der Waals surface area contributed by atoms with E-state index in [1.54, 1.807) is 0 Å². The molecule has 1 heteroatoms. The number of rotatable bonds is 0. The molecule has 0 saturated carbocycles. The molecule has 0 aromatic heterocycles. The highest BCUT2D eigenvalue weighted by Gasteiger charge is 2.11. The minimum atomic E-state index is 0.940. The first-order valence-corrected chi connectivity index (χ1v) is 4.26. The first kappa shape index (κ1) is 7.41. The first-order valence-electron chi connectivity index (χ1n) is 4.26. The molecular formula is C11H13N. The van der Waals surface area contributed by atoms with Crippen molar-refractivity contribution in [1.29, 1.82) is 0 Å². The number of aryl methyl sites for hydroxylation is 1. The van der Waals surface area contributed by atoms with Crippen molar-refractivity contribution >= 4 is 0 Å². The average molecular weight is 159 g/mol. The zero-order valence-corrected chi connectivity index (χ0v) is 7.35. The molecule has 1 nitrogen and oxygen atoms in total. The summed E-state index contributed by atoms with van der Waals surface area (Å²) in [6.07, 6.45) is 0.988. The van der Waals surface area contributed by atoms with Gasteiger partial charge in [-0.1, -0.05) is 24.8 Å². The second-order valence-electron chi connectivity index (χ2n) is 3.35. The summed E-state index contributed by atoms with van der Waals surface area (Å²) in [5.41, 5.74) is 5.40. The SMILES string of the molecule is C=C1Cc2c(C)cccc2CN1. The van der Waals surface area contributed by atoms with Crippen molar-refractivity contribution in [2.45, 2.75) is 19.9 Å². The van der Waals surface area contributed by atoms with Crippen LogP contribution in [-0.2, 0) is 13.0 Å². The summed E-state index contributed by atoms with van der Waals surface area (Å²) in [5, 5.41) is 3.27. The lowest BCUT2D eigenvalue weighted by Crippen LogP contribution is -2.21. The Morgan fingerprint density at radius 1 is 1.42 bits per heavy atom. The van der Waals surface area contributed by atoms with Crippen LogP contribution in [-0.4, -0.2) is 0 Å². The molecule has 0 fully saturated rings. The Morgan fingerprint density at radius 2 is 2.25 bits per heavy atom. The lowest BCUT2D eigenvalue weighted by molar-refractivity contribution is 0.734. The highest BCUT2D eigenvalue weighted by atomic mass is 14.9. The number of allylic oxidation sites excluding steroid dienone is 1. The molecule has 1 aromatic rings. The van der Waals surface area contributed by atoms with E-state index >= 15 is 0 Å². The van der Waals surface area contributed by atoms with Gasteiger partial charge in [0.25, 0.3) is 0 Å². The van der Waals surface area contributed by atoms with Gasteiger partial charge in [0.2, 0.25) is 0 Å². The van der Waals surface area contributed by atoms with Crippen LogP contribution < -0.4 is 5.32 Å². The molecule has 1 heterocycles.